The maximum absolute atomic E-state index is 12.4. The van der Waals surface area contributed by atoms with Gasteiger partial charge in [-0.15, -0.1) is 0 Å². The maximum Gasteiger partial charge on any atom is 0.244 e. The van der Waals surface area contributed by atoms with Crippen LogP contribution in [-0.4, -0.2) is 34.7 Å². The van der Waals surface area contributed by atoms with E-state index in [4.69, 9.17) is 16.3 Å². The second-order valence-corrected chi connectivity index (χ2v) is 7.92. The van der Waals surface area contributed by atoms with E-state index in [2.05, 4.69) is 26.0 Å². The summed E-state index contributed by atoms with van der Waals surface area (Å²) in [4.78, 5) is 0.0451. The second-order valence-electron chi connectivity index (χ2n) is 4.90. The van der Waals surface area contributed by atoms with Gasteiger partial charge < -0.3 is 10.1 Å². The molecule has 5 nitrogen and oxygen atoms in total. The minimum Gasteiger partial charge on any atom is -0.494 e. The molecule has 0 bridgehead atoms. The van der Waals surface area contributed by atoms with Gasteiger partial charge in [0.1, 0.15) is 4.90 Å². The monoisotopic (exact) mass is 396 g/mol. The normalized spacial score (nSPS) is 18.9. The van der Waals surface area contributed by atoms with Gasteiger partial charge >= 0.3 is 0 Å². The molecule has 1 heterocycles. The van der Waals surface area contributed by atoms with E-state index in [9.17, 15) is 8.42 Å². The van der Waals surface area contributed by atoms with Crippen molar-refractivity contribution in [3.8, 4) is 5.75 Å². The number of rotatable bonds is 6. The first-order chi connectivity index (χ1) is 9.94. The molecular weight excluding hydrogens is 380 g/mol. The Bertz CT molecular complexity index is 604. The molecule has 0 radical (unpaired) electrons. The number of benzene rings is 1. The molecule has 1 aromatic rings. The molecule has 1 aliphatic heterocycles. The molecule has 1 aliphatic rings. The third-order valence-corrected chi connectivity index (χ3v) is 5.69. The smallest absolute Gasteiger partial charge is 0.244 e. The summed E-state index contributed by atoms with van der Waals surface area (Å²) in [6.07, 6.45) is 3.00. The third-order valence-electron chi connectivity index (χ3n) is 3.42. The Hall–Kier alpha value is -0.340. The molecule has 1 atom stereocenters. The first kappa shape index (κ1) is 17.0. The van der Waals surface area contributed by atoms with Gasteiger partial charge in [0.25, 0.3) is 0 Å². The molecular formula is C13H18BrClN2O3S. The number of methoxy groups -OCH3 is 1. The predicted molar refractivity (Wildman–Crippen MR) is 86.5 cm³/mol. The van der Waals surface area contributed by atoms with Gasteiger partial charge in [-0.1, -0.05) is 11.6 Å². The molecule has 8 heteroatoms. The molecule has 0 saturated carbocycles. The van der Waals surface area contributed by atoms with Crippen LogP contribution in [0.1, 0.15) is 19.3 Å². The van der Waals surface area contributed by atoms with Crippen molar-refractivity contribution in [2.24, 2.45) is 0 Å². The van der Waals surface area contributed by atoms with Gasteiger partial charge in [0.2, 0.25) is 10.0 Å². The van der Waals surface area contributed by atoms with E-state index in [1.807, 2.05) is 0 Å². The lowest BCUT2D eigenvalue weighted by Gasteiger charge is -2.14. The number of hydrogen-bond acceptors (Lipinski definition) is 4. The second kappa shape index (κ2) is 7.28. The Labute approximate surface area is 138 Å². The van der Waals surface area contributed by atoms with Gasteiger partial charge in [-0.25, -0.2) is 13.1 Å². The molecule has 1 fully saturated rings. The van der Waals surface area contributed by atoms with E-state index in [1.165, 1.54) is 13.2 Å². The van der Waals surface area contributed by atoms with Crippen molar-refractivity contribution in [3.05, 3.63) is 21.6 Å². The van der Waals surface area contributed by atoms with Crippen LogP contribution in [-0.2, 0) is 10.0 Å². The number of halogens is 2. The van der Waals surface area contributed by atoms with Gasteiger partial charge in [0, 0.05) is 17.6 Å². The highest BCUT2D eigenvalue weighted by Gasteiger charge is 2.23. The third kappa shape index (κ3) is 4.32. The molecule has 2 rings (SSSR count). The maximum atomic E-state index is 12.4. The molecule has 0 unspecified atom stereocenters. The Morgan fingerprint density at radius 3 is 2.90 bits per heavy atom. The SMILES string of the molecule is COc1c(Br)cc(Cl)cc1S(=O)(=O)NCC[C@@H]1CCCN1. The van der Waals surface area contributed by atoms with Crippen LogP contribution in [0.4, 0.5) is 0 Å². The lowest BCUT2D eigenvalue weighted by Crippen LogP contribution is -2.30. The van der Waals surface area contributed by atoms with E-state index in [0.717, 1.165) is 25.8 Å². The van der Waals surface area contributed by atoms with Crippen LogP contribution in [0, 0.1) is 0 Å². The average molecular weight is 398 g/mol. The number of nitrogens with one attached hydrogen (secondary N) is 2. The first-order valence-corrected chi connectivity index (χ1v) is 9.35. The molecule has 0 amide bonds. The van der Waals surface area contributed by atoms with Crippen molar-refractivity contribution in [2.45, 2.75) is 30.2 Å². The van der Waals surface area contributed by atoms with Crippen LogP contribution in [0.3, 0.4) is 0 Å². The summed E-state index contributed by atoms with van der Waals surface area (Å²) in [5, 5.41) is 3.67. The lowest BCUT2D eigenvalue weighted by molar-refractivity contribution is 0.399. The van der Waals surface area contributed by atoms with Crippen LogP contribution >= 0.6 is 27.5 Å². The fraction of sp³-hybridized carbons (Fsp3) is 0.538. The van der Waals surface area contributed by atoms with Crippen LogP contribution in [0.25, 0.3) is 0 Å². The fourth-order valence-corrected chi connectivity index (χ4v) is 4.81. The molecule has 2 N–H and O–H groups in total. The van der Waals surface area contributed by atoms with E-state index in [0.29, 0.717) is 22.1 Å². The van der Waals surface area contributed by atoms with E-state index < -0.39 is 10.0 Å². The summed E-state index contributed by atoms with van der Waals surface area (Å²) in [6, 6.07) is 3.38. The summed E-state index contributed by atoms with van der Waals surface area (Å²) in [5.74, 6) is 0.255. The summed E-state index contributed by atoms with van der Waals surface area (Å²) >= 11 is 9.20. The number of hydrogen-bond donors (Lipinski definition) is 2. The average Bonchev–Trinajstić information content (AvgIpc) is 2.91. The fourth-order valence-electron chi connectivity index (χ4n) is 2.38. The Kier molecular flexibility index (Phi) is 5.90. The van der Waals surface area contributed by atoms with E-state index in [1.54, 1.807) is 6.07 Å². The standard InChI is InChI=1S/C13H18BrClN2O3S/c1-20-13-11(14)7-9(15)8-12(13)21(18,19)17-6-4-10-3-2-5-16-10/h7-8,10,16-17H,2-6H2,1H3/t10-/m0/s1. The van der Waals surface area contributed by atoms with Gasteiger partial charge in [0.15, 0.2) is 5.75 Å². The molecule has 118 valence electrons. The largest absolute Gasteiger partial charge is 0.494 e. The zero-order valence-corrected chi connectivity index (χ0v) is 14.8. The summed E-state index contributed by atoms with van der Waals surface area (Å²) in [7, 11) is -2.23. The Balaban J connectivity index is 2.11. The number of sulfonamides is 1. The van der Waals surface area contributed by atoms with Crippen LogP contribution in [0.15, 0.2) is 21.5 Å². The summed E-state index contributed by atoms with van der Waals surface area (Å²) < 4.78 is 33.1. The molecule has 1 aromatic carbocycles. The highest BCUT2D eigenvalue weighted by Crippen LogP contribution is 2.35. The zero-order chi connectivity index (χ0) is 15.5. The van der Waals surface area contributed by atoms with E-state index >= 15 is 0 Å². The van der Waals surface area contributed by atoms with Crippen molar-refractivity contribution in [2.75, 3.05) is 20.2 Å². The first-order valence-electron chi connectivity index (χ1n) is 6.70. The van der Waals surface area contributed by atoms with Crippen molar-refractivity contribution in [1.29, 1.82) is 0 Å². The molecule has 21 heavy (non-hydrogen) atoms. The van der Waals surface area contributed by atoms with Crippen LogP contribution < -0.4 is 14.8 Å². The molecule has 1 saturated heterocycles. The Morgan fingerprint density at radius 2 is 2.29 bits per heavy atom. The van der Waals surface area contributed by atoms with Crippen molar-refractivity contribution >= 4 is 37.6 Å². The van der Waals surface area contributed by atoms with Gasteiger partial charge in [0.05, 0.1) is 11.6 Å². The lowest BCUT2D eigenvalue weighted by atomic mass is 10.2. The van der Waals surface area contributed by atoms with Gasteiger partial charge in [-0.05, 0) is 53.9 Å². The number of ether oxygens (including phenoxy) is 1. The van der Waals surface area contributed by atoms with Crippen molar-refractivity contribution in [3.63, 3.8) is 0 Å². The molecule has 0 aliphatic carbocycles. The van der Waals surface area contributed by atoms with Crippen molar-refractivity contribution < 1.29 is 13.2 Å². The summed E-state index contributed by atoms with van der Waals surface area (Å²) in [5.41, 5.74) is 0. The van der Waals surface area contributed by atoms with Crippen molar-refractivity contribution in [1.82, 2.24) is 10.0 Å². The molecule has 0 spiro atoms. The predicted octanol–water partition coefficient (Wildman–Crippen LogP) is 2.53. The minimum absolute atomic E-state index is 0.0451. The summed E-state index contributed by atoms with van der Waals surface area (Å²) in [6.45, 7) is 1.39. The Morgan fingerprint density at radius 1 is 1.52 bits per heavy atom. The van der Waals surface area contributed by atoms with Gasteiger partial charge in [-0.2, -0.15) is 0 Å². The van der Waals surface area contributed by atoms with Gasteiger partial charge in [-0.3, -0.25) is 0 Å². The van der Waals surface area contributed by atoms with Crippen LogP contribution in [0.5, 0.6) is 5.75 Å². The quantitative estimate of drug-likeness (QED) is 0.774. The minimum atomic E-state index is -3.66. The van der Waals surface area contributed by atoms with E-state index in [-0.39, 0.29) is 10.6 Å². The zero-order valence-electron chi connectivity index (χ0n) is 11.7. The highest BCUT2D eigenvalue weighted by atomic mass is 79.9. The topological polar surface area (TPSA) is 67.4 Å². The highest BCUT2D eigenvalue weighted by molar-refractivity contribution is 9.10. The molecule has 0 aromatic heterocycles. The van der Waals surface area contributed by atoms with Crippen LogP contribution in [0.2, 0.25) is 5.02 Å².